The van der Waals surface area contributed by atoms with Gasteiger partial charge >= 0.3 is 6.03 Å². The molecule has 3 rings (SSSR count). The lowest BCUT2D eigenvalue weighted by atomic mass is 10.1. The van der Waals surface area contributed by atoms with E-state index in [2.05, 4.69) is 15.5 Å². The summed E-state index contributed by atoms with van der Waals surface area (Å²) < 4.78 is 27.5. The molecule has 7 nitrogen and oxygen atoms in total. The highest BCUT2D eigenvalue weighted by molar-refractivity contribution is 6.00. The Hall–Kier alpha value is -2.97. The van der Waals surface area contributed by atoms with Gasteiger partial charge < -0.3 is 15.1 Å². The third-order valence-corrected chi connectivity index (χ3v) is 4.50. The van der Waals surface area contributed by atoms with E-state index in [1.807, 2.05) is 0 Å². The number of benzene rings is 1. The summed E-state index contributed by atoms with van der Waals surface area (Å²) in [5.74, 6) is -0.845. The van der Waals surface area contributed by atoms with Crippen molar-refractivity contribution in [1.82, 2.24) is 25.3 Å². The first-order valence-corrected chi connectivity index (χ1v) is 8.56. The molecule has 1 saturated heterocycles. The molecule has 2 N–H and O–H groups in total. The van der Waals surface area contributed by atoms with Crippen molar-refractivity contribution in [1.29, 1.82) is 0 Å². The molecule has 0 saturated carbocycles. The zero-order valence-corrected chi connectivity index (χ0v) is 15.1. The number of carbonyl (C=O) groups is 2. The van der Waals surface area contributed by atoms with Gasteiger partial charge in [-0.05, 0) is 12.1 Å². The van der Waals surface area contributed by atoms with Crippen molar-refractivity contribution >= 4 is 11.9 Å². The topological polar surface area (TPSA) is 81.3 Å². The number of carbonyl (C=O) groups excluding carboxylic acids is 2. The van der Waals surface area contributed by atoms with Crippen molar-refractivity contribution in [3.05, 3.63) is 41.8 Å². The van der Waals surface area contributed by atoms with E-state index in [1.54, 1.807) is 20.2 Å². The van der Waals surface area contributed by atoms with Crippen LogP contribution in [0.5, 0.6) is 0 Å². The fraction of sp³-hybridized carbons (Fsp3) is 0.389. The molecule has 144 valence electrons. The normalized spacial score (nSPS) is 19.2. The van der Waals surface area contributed by atoms with Gasteiger partial charge in [0.1, 0.15) is 12.0 Å². The van der Waals surface area contributed by atoms with Crippen LogP contribution in [0.4, 0.5) is 13.6 Å². The van der Waals surface area contributed by atoms with Gasteiger partial charge in [0.25, 0.3) is 5.91 Å². The largest absolute Gasteiger partial charge is 0.336 e. The summed E-state index contributed by atoms with van der Waals surface area (Å²) in [6, 6.07) is 5.01. The molecule has 2 heterocycles. The minimum atomic E-state index is -1.17. The Morgan fingerprint density at radius 1 is 1.41 bits per heavy atom. The highest BCUT2D eigenvalue weighted by atomic mass is 19.1. The maximum atomic E-state index is 14.0. The third-order valence-electron chi connectivity index (χ3n) is 4.50. The first-order chi connectivity index (χ1) is 12.9. The van der Waals surface area contributed by atoms with E-state index in [1.165, 1.54) is 34.2 Å². The van der Waals surface area contributed by atoms with Gasteiger partial charge in [-0.2, -0.15) is 5.10 Å². The maximum absolute atomic E-state index is 14.0. The fourth-order valence-corrected chi connectivity index (χ4v) is 3.13. The van der Waals surface area contributed by atoms with Crippen molar-refractivity contribution in [3.63, 3.8) is 0 Å². The number of amides is 3. The first-order valence-electron chi connectivity index (χ1n) is 8.56. The Morgan fingerprint density at radius 3 is 2.89 bits per heavy atom. The van der Waals surface area contributed by atoms with Crippen molar-refractivity contribution in [3.8, 4) is 11.3 Å². The second kappa shape index (κ2) is 7.73. The maximum Gasteiger partial charge on any atom is 0.316 e. The average molecular weight is 377 g/mol. The predicted octanol–water partition coefficient (Wildman–Crippen LogP) is 2.04. The zero-order chi connectivity index (χ0) is 19.6. The van der Waals surface area contributed by atoms with Crippen LogP contribution >= 0.6 is 0 Å². The first kappa shape index (κ1) is 18.8. The Balaban J connectivity index is 1.80. The number of H-pyrrole nitrogens is 1. The summed E-state index contributed by atoms with van der Waals surface area (Å²) in [6.07, 6.45) is 0.329. The van der Waals surface area contributed by atoms with Gasteiger partial charge in [0, 0.05) is 32.6 Å². The molecule has 1 aromatic carbocycles. The van der Waals surface area contributed by atoms with Crippen LogP contribution in [0.25, 0.3) is 11.3 Å². The number of nitrogens with one attached hydrogen (secondary N) is 2. The molecular formula is C18H21F2N5O2. The number of halogens is 2. The smallest absolute Gasteiger partial charge is 0.316 e. The second-order valence-corrected chi connectivity index (χ2v) is 6.69. The minimum Gasteiger partial charge on any atom is -0.336 e. The minimum absolute atomic E-state index is 0.0604. The van der Waals surface area contributed by atoms with E-state index in [-0.39, 0.29) is 31.1 Å². The van der Waals surface area contributed by atoms with Crippen LogP contribution in [0, 0.1) is 5.82 Å². The summed E-state index contributed by atoms with van der Waals surface area (Å²) in [5.41, 5.74) is 1.08. The van der Waals surface area contributed by atoms with E-state index in [0.29, 0.717) is 11.3 Å². The van der Waals surface area contributed by atoms with Gasteiger partial charge in [0.15, 0.2) is 0 Å². The molecule has 2 aromatic rings. The molecule has 0 unspecified atom stereocenters. The predicted molar refractivity (Wildman–Crippen MR) is 95.4 cm³/mol. The molecule has 3 amide bonds. The van der Waals surface area contributed by atoms with Crippen LogP contribution < -0.4 is 5.32 Å². The Labute approximate surface area is 155 Å². The Morgan fingerprint density at radius 2 is 2.19 bits per heavy atom. The van der Waals surface area contributed by atoms with Crippen LogP contribution in [-0.4, -0.2) is 71.3 Å². The number of likely N-dealkylation sites (tertiary alicyclic amines) is 1. The van der Waals surface area contributed by atoms with E-state index < -0.39 is 23.9 Å². The number of nitrogens with zero attached hydrogens (tertiary/aromatic N) is 3. The molecule has 0 spiro atoms. The number of aromatic nitrogens is 2. The molecule has 1 fully saturated rings. The van der Waals surface area contributed by atoms with Crippen LogP contribution in [0.2, 0.25) is 0 Å². The van der Waals surface area contributed by atoms with Gasteiger partial charge in [-0.15, -0.1) is 0 Å². The summed E-state index contributed by atoms with van der Waals surface area (Å²) in [5, 5.41) is 9.29. The lowest BCUT2D eigenvalue weighted by Crippen LogP contribution is -2.45. The zero-order valence-electron chi connectivity index (χ0n) is 15.1. The number of aromatic amines is 1. The van der Waals surface area contributed by atoms with E-state index in [4.69, 9.17) is 0 Å². The van der Waals surface area contributed by atoms with E-state index in [0.717, 1.165) is 0 Å². The number of rotatable bonds is 4. The van der Waals surface area contributed by atoms with Crippen molar-refractivity contribution in [2.24, 2.45) is 0 Å². The number of hydrogen-bond donors (Lipinski definition) is 2. The molecule has 1 aliphatic rings. The average Bonchev–Trinajstić information content (AvgIpc) is 3.25. The number of hydrogen-bond acceptors (Lipinski definition) is 3. The molecule has 0 aliphatic carbocycles. The number of urea groups is 1. The molecule has 1 aliphatic heterocycles. The highest BCUT2D eigenvalue weighted by Gasteiger charge is 2.37. The van der Waals surface area contributed by atoms with E-state index in [9.17, 15) is 18.4 Å². The lowest BCUT2D eigenvalue weighted by molar-refractivity contribution is 0.0729. The Kier molecular flexibility index (Phi) is 5.38. The third kappa shape index (κ3) is 4.07. The van der Waals surface area contributed by atoms with Crippen LogP contribution in [0.3, 0.4) is 0 Å². The van der Waals surface area contributed by atoms with Gasteiger partial charge in [0.2, 0.25) is 0 Å². The van der Waals surface area contributed by atoms with Crippen LogP contribution in [-0.2, 0) is 0 Å². The Bertz CT molecular complexity index is 839. The second-order valence-electron chi connectivity index (χ2n) is 6.69. The van der Waals surface area contributed by atoms with Crippen LogP contribution in [0.1, 0.15) is 16.8 Å². The molecule has 27 heavy (non-hydrogen) atoms. The monoisotopic (exact) mass is 377 g/mol. The quantitative estimate of drug-likeness (QED) is 0.856. The molecular weight excluding hydrogens is 356 g/mol. The summed E-state index contributed by atoms with van der Waals surface area (Å²) >= 11 is 0. The van der Waals surface area contributed by atoms with Crippen molar-refractivity contribution in [2.45, 2.75) is 18.6 Å². The molecule has 9 heteroatoms. The highest BCUT2D eigenvalue weighted by Crippen LogP contribution is 2.27. The van der Waals surface area contributed by atoms with Gasteiger partial charge in [-0.25, -0.2) is 13.6 Å². The van der Waals surface area contributed by atoms with Crippen molar-refractivity contribution in [2.75, 3.05) is 27.2 Å². The van der Waals surface area contributed by atoms with Gasteiger partial charge in [-0.1, -0.05) is 12.1 Å². The standard InChI is InChI=1S/C18H21F2N5O2/c1-24(2)18(27)21-8-14-7-13(20)10-25(14)17(26)15-9-22-23-16(15)11-4-3-5-12(19)6-11/h3-6,9,13-14H,7-8,10H2,1-2H3,(H,21,27)(H,22,23)/t13-,14-/m0/s1. The molecule has 2 atom stereocenters. The molecule has 0 radical (unpaired) electrons. The molecule has 0 bridgehead atoms. The summed E-state index contributed by atoms with van der Waals surface area (Å²) in [6.45, 7) is 0.0887. The summed E-state index contributed by atoms with van der Waals surface area (Å²) in [4.78, 5) is 27.5. The molecule has 1 aromatic heterocycles. The lowest BCUT2D eigenvalue weighted by Gasteiger charge is -2.25. The van der Waals surface area contributed by atoms with E-state index >= 15 is 0 Å². The van der Waals surface area contributed by atoms with Crippen molar-refractivity contribution < 1.29 is 18.4 Å². The van der Waals surface area contributed by atoms with Gasteiger partial charge in [-0.3, -0.25) is 9.89 Å². The number of alkyl halides is 1. The SMILES string of the molecule is CN(C)C(=O)NC[C@@H]1C[C@H](F)CN1C(=O)c1cn[nH]c1-c1cccc(F)c1. The van der Waals surface area contributed by atoms with Gasteiger partial charge in [0.05, 0.1) is 30.0 Å². The summed E-state index contributed by atoms with van der Waals surface area (Å²) in [7, 11) is 3.20. The van der Waals surface area contributed by atoms with Crippen LogP contribution in [0.15, 0.2) is 30.5 Å². The fourth-order valence-electron chi connectivity index (χ4n) is 3.13.